The van der Waals surface area contributed by atoms with E-state index in [1.165, 1.54) is 237 Å². The summed E-state index contributed by atoms with van der Waals surface area (Å²) < 4.78 is 0. The van der Waals surface area contributed by atoms with E-state index in [4.69, 9.17) is 11.5 Å². The molecule has 342 valence electrons. The maximum atomic E-state index is 6.17. The van der Waals surface area contributed by atoms with E-state index < -0.39 is 0 Å². The molecule has 2 unspecified atom stereocenters. The lowest BCUT2D eigenvalue weighted by atomic mass is 9.84. The molecular weight excluding hydrogens is 749 g/mol. The summed E-state index contributed by atoms with van der Waals surface area (Å²) >= 11 is 0. The van der Waals surface area contributed by atoms with Crippen LogP contribution in [0, 0.1) is 13.8 Å². The second-order valence-electron chi connectivity index (χ2n) is 19.4. The molecule has 2 nitrogen and oxygen atoms in total. The summed E-state index contributed by atoms with van der Waals surface area (Å²) in [7, 11) is 0. The maximum absolute atomic E-state index is 6.17. The van der Waals surface area contributed by atoms with Crippen LogP contribution in [0.3, 0.4) is 0 Å². The minimum absolute atomic E-state index is 0.451. The molecule has 0 aliphatic carbocycles. The molecule has 4 rings (SSSR count). The van der Waals surface area contributed by atoms with E-state index in [1.54, 1.807) is 0 Å². The van der Waals surface area contributed by atoms with Crippen LogP contribution in [0.15, 0.2) is 84.9 Å². The molecule has 4 aromatic rings. The van der Waals surface area contributed by atoms with Crippen LogP contribution in [0.5, 0.6) is 0 Å². The molecule has 2 atom stereocenters. The molecule has 0 aliphatic heterocycles. The van der Waals surface area contributed by atoms with Crippen LogP contribution in [0.1, 0.15) is 250 Å². The van der Waals surface area contributed by atoms with Crippen molar-refractivity contribution in [2.75, 3.05) is 11.5 Å². The summed E-state index contributed by atoms with van der Waals surface area (Å²) in [6.45, 7) is 9.08. The smallest absolute Gasteiger partial charge is 0.0316 e. The van der Waals surface area contributed by atoms with Crippen molar-refractivity contribution in [3.8, 4) is 0 Å². The highest BCUT2D eigenvalue weighted by molar-refractivity contribution is 5.49. The molecule has 4 N–H and O–H groups in total. The SMILES string of the molecule is CCCCCCCCCCCCC(c1ccc(CCCCCCCCc2ccc(C(CCCCCCCCCCCC)c3ccc(N)cc3C)cc2)cc1)c1ccc(N)cc1C. The highest BCUT2D eigenvalue weighted by Crippen LogP contribution is 2.35. The molecular formula is C60H92N2. The lowest BCUT2D eigenvalue weighted by molar-refractivity contribution is 0.540. The Morgan fingerprint density at radius 3 is 0.935 bits per heavy atom. The minimum Gasteiger partial charge on any atom is -0.399 e. The third kappa shape index (κ3) is 19.9. The molecule has 0 spiro atoms. The molecule has 0 radical (unpaired) electrons. The largest absolute Gasteiger partial charge is 0.399 e. The number of unbranched alkanes of at least 4 members (excludes halogenated alkanes) is 23. The molecule has 0 saturated heterocycles. The van der Waals surface area contributed by atoms with Gasteiger partial charge in [-0.25, -0.2) is 0 Å². The van der Waals surface area contributed by atoms with Gasteiger partial charge in [-0.3, -0.25) is 0 Å². The van der Waals surface area contributed by atoms with E-state index in [1.807, 2.05) is 0 Å². The standard InChI is InChI=1S/C60H92N2/c1-5-7-9-11-13-15-17-19-25-29-33-59(57-45-43-55(61)47-49(57)3)53-39-35-51(36-40-53)31-27-23-21-22-24-28-32-52-37-41-54(42-38-52)60(58-46-44-56(62)48-50(58)4)34-30-26-20-18-16-14-12-10-8-6-2/h35-48,59-60H,5-34,61-62H2,1-4H3. The van der Waals surface area contributed by atoms with Crippen LogP contribution in [-0.2, 0) is 12.8 Å². The highest BCUT2D eigenvalue weighted by Gasteiger charge is 2.18. The van der Waals surface area contributed by atoms with Crippen molar-refractivity contribution in [1.82, 2.24) is 0 Å². The van der Waals surface area contributed by atoms with Crippen molar-refractivity contribution in [3.05, 3.63) is 129 Å². The zero-order valence-electron chi connectivity index (χ0n) is 40.6. The Hall–Kier alpha value is -3.52. The zero-order valence-corrected chi connectivity index (χ0v) is 40.6. The minimum atomic E-state index is 0.451. The van der Waals surface area contributed by atoms with Gasteiger partial charge in [0.05, 0.1) is 0 Å². The van der Waals surface area contributed by atoms with Gasteiger partial charge >= 0.3 is 0 Å². The molecule has 0 aromatic heterocycles. The summed E-state index contributed by atoms with van der Waals surface area (Å²) in [5.41, 5.74) is 25.5. The van der Waals surface area contributed by atoms with Crippen LogP contribution in [-0.4, -0.2) is 0 Å². The Balaban J connectivity index is 1.14. The summed E-state index contributed by atoms with van der Waals surface area (Å²) in [5, 5.41) is 0. The molecule has 62 heavy (non-hydrogen) atoms. The van der Waals surface area contributed by atoms with Gasteiger partial charge in [0.25, 0.3) is 0 Å². The number of rotatable bonds is 35. The van der Waals surface area contributed by atoms with Gasteiger partial charge in [0, 0.05) is 23.2 Å². The van der Waals surface area contributed by atoms with Crippen LogP contribution in [0.25, 0.3) is 0 Å². The van der Waals surface area contributed by atoms with Crippen molar-refractivity contribution >= 4 is 11.4 Å². The van der Waals surface area contributed by atoms with E-state index in [0.717, 1.165) is 11.4 Å². The number of nitrogen functional groups attached to an aromatic ring is 2. The number of aryl methyl sites for hydroxylation is 4. The summed E-state index contributed by atoms with van der Waals surface area (Å²) in [5.74, 6) is 0.901. The van der Waals surface area contributed by atoms with E-state index in [2.05, 4.69) is 113 Å². The van der Waals surface area contributed by atoms with Gasteiger partial charge in [-0.05, 0) is 121 Å². The number of nitrogens with two attached hydrogens (primary N) is 2. The Morgan fingerprint density at radius 1 is 0.339 bits per heavy atom. The van der Waals surface area contributed by atoms with Gasteiger partial charge in [-0.15, -0.1) is 0 Å². The van der Waals surface area contributed by atoms with E-state index in [0.29, 0.717) is 11.8 Å². The third-order valence-electron chi connectivity index (χ3n) is 14.0. The number of anilines is 2. The van der Waals surface area contributed by atoms with Gasteiger partial charge in [-0.1, -0.05) is 229 Å². The van der Waals surface area contributed by atoms with E-state index in [-0.39, 0.29) is 0 Å². The van der Waals surface area contributed by atoms with Gasteiger partial charge in [0.2, 0.25) is 0 Å². The topological polar surface area (TPSA) is 52.0 Å². The zero-order chi connectivity index (χ0) is 44.0. The number of hydrogen-bond donors (Lipinski definition) is 2. The van der Waals surface area contributed by atoms with Gasteiger partial charge in [0.15, 0.2) is 0 Å². The number of benzene rings is 4. The maximum Gasteiger partial charge on any atom is 0.0316 e. The van der Waals surface area contributed by atoms with Crippen LogP contribution >= 0.6 is 0 Å². The Morgan fingerprint density at radius 2 is 0.629 bits per heavy atom. The first-order chi connectivity index (χ1) is 30.4. The average molecular weight is 841 g/mol. The fourth-order valence-corrected chi connectivity index (χ4v) is 10.1. The first kappa shape index (κ1) is 51.1. The molecule has 2 heteroatoms. The first-order valence-electron chi connectivity index (χ1n) is 26.3. The summed E-state index contributed by atoms with van der Waals surface area (Å²) in [4.78, 5) is 0. The third-order valence-corrected chi connectivity index (χ3v) is 14.0. The molecule has 0 bridgehead atoms. The number of hydrogen-bond acceptors (Lipinski definition) is 2. The quantitative estimate of drug-likeness (QED) is 0.0358. The van der Waals surface area contributed by atoms with Crippen molar-refractivity contribution < 1.29 is 0 Å². The van der Waals surface area contributed by atoms with Crippen molar-refractivity contribution in [2.24, 2.45) is 0 Å². The molecule has 0 fully saturated rings. The lowest BCUT2D eigenvalue weighted by Gasteiger charge is -2.21. The van der Waals surface area contributed by atoms with E-state index in [9.17, 15) is 0 Å². The molecule has 0 aliphatic rings. The second kappa shape index (κ2) is 31.3. The second-order valence-corrected chi connectivity index (χ2v) is 19.4. The van der Waals surface area contributed by atoms with Gasteiger partial charge < -0.3 is 11.5 Å². The molecule has 0 saturated carbocycles. The fraction of sp³-hybridized carbons (Fsp3) is 0.600. The predicted molar refractivity (Wildman–Crippen MR) is 276 cm³/mol. The summed E-state index contributed by atoms with van der Waals surface area (Å²) in [6, 6.07) is 32.4. The summed E-state index contributed by atoms with van der Waals surface area (Å²) in [6.07, 6.45) is 40.4. The predicted octanol–water partition coefficient (Wildman–Crippen LogP) is 18.5. The van der Waals surface area contributed by atoms with Crippen LogP contribution in [0.4, 0.5) is 11.4 Å². The van der Waals surface area contributed by atoms with Crippen LogP contribution in [0.2, 0.25) is 0 Å². The molecule has 4 aromatic carbocycles. The average Bonchev–Trinajstić information content (AvgIpc) is 3.27. The van der Waals surface area contributed by atoms with Gasteiger partial charge in [-0.2, -0.15) is 0 Å². The van der Waals surface area contributed by atoms with E-state index >= 15 is 0 Å². The fourth-order valence-electron chi connectivity index (χ4n) is 10.1. The molecule has 0 amide bonds. The Kier molecular flexibility index (Phi) is 25.8. The lowest BCUT2D eigenvalue weighted by Crippen LogP contribution is -2.05. The Bertz CT molecular complexity index is 1590. The highest BCUT2D eigenvalue weighted by atomic mass is 14.5. The van der Waals surface area contributed by atoms with Crippen molar-refractivity contribution in [1.29, 1.82) is 0 Å². The molecule has 0 heterocycles. The Labute approximate surface area is 382 Å². The van der Waals surface area contributed by atoms with Gasteiger partial charge in [0.1, 0.15) is 0 Å². The normalized spacial score (nSPS) is 12.5. The van der Waals surface area contributed by atoms with Crippen molar-refractivity contribution in [3.63, 3.8) is 0 Å². The monoisotopic (exact) mass is 841 g/mol. The van der Waals surface area contributed by atoms with Crippen LogP contribution < -0.4 is 11.5 Å². The van der Waals surface area contributed by atoms with Crippen molar-refractivity contribution in [2.45, 2.75) is 232 Å². The first-order valence-corrected chi connectivity index (χ1v) is 26.3.